The van der Waals surface area contributed by atoms with Crippen LogP contribution in [-0.4, -0.2) is 49.2 Å². The van der Waals surface area contributed by atoms with Gasteiger partial charge >= 0.3 is 0 Å². The molecule has 29 heavy (non-hydrogen) atoms. The number of carboxylic acid groups (broad SMARTS) is 1. The number of fused-ring (bicyclic) bond motifs is 1. The number of carbonyl (C=O) groups excluding carboxylic acids is 1. The Balaban J connectivity index is 0.000000755. The molecule has 9 nitrogen and oxygen atoms in total. The van der Waals surface area contributed by atoms with Crippen LogP contribution < -0.4 is 0 Å². The van der Waals surface area contributed by atoms with Crippen LogP contribution in [0.25, 0.3) is 0 Å². The highest BCUT2D eigenvalue weighted by Crippen LogP contribution is 2.34. The fourth-order valence-electron chi connectivity index (χ4n) is 3.57. The molecule has 9 heteroatoms. The Bertz CT molecular complexity index is 1010. The van der Waals surface area contributed by atoms with Gasteiger partial charge in [0.05, 0.1) is 30.0 Å². The summed E-state index contributed by atoms with van der Waals surface area (Å²) in [6.07, 6.45) is 2.29. The highest BCUT2D eigenvalue weighted by atomic mass is 16.5. The zero-order chi connectivity index (χ0) is 21.0. The van der Waals surface area contributed by atoms with Gasteiger partial charge in [-0.1, -0.05) is 24.2 Å². The van der Waals surface area contributed by atoms with Crippen LogP contribution in [0.15, 0.2) is 35.1 Å². The number of phenolic OH excluding ortho intramolecular Hbond substituents is 1. The summed E-state index contributed by atoms with van der Waals surface area (Å²) < 4.78 is 5.23. The van der Waals surface area contributed by atoms with Gasteiger partial charge in [-0.2, -0.15) is 0 Å². The van der Waals surface area contributed by atoms with E-state index in [1.165, 1.54) is 0 Å². The molecule has 1 unspecified atom stereocenters. The minimum absolute atomic E-state index is 0.0917. The number of amides is 1. The largest absolute Gasteiger partial charge is 0.508 e. The number of H-pyrrole nitrogens is 1. The number of phenols is 1. The molecule has 0 aliphatic carbocycles. The summed E-state index contributed by atoms with van der Waals surface area (Å²) in [6, 6.07) is 7.10. The molecule has 0 fully saturated rings. The molecule has 1 atom stereocenters. The maximum absolute atomic E-state index is 13.2. The molecule has 3 N–H and O–H groups in total. The van der Waals surface area contributed by atoms with Crippen molar-refractivity contribution in [1.82, 2.24) is 20.0 Å². The van der Waals surface area contributed by atoms with Crippen molar-refractivity contribution >= 4 is 12.4 Å². The van der Waals surface area contributed by atoms with Gasteiger partial charge in [0.1, 0.15) is 17.1 Å². The summed E-state index contributed by atoms with van der Waals surface area (Å²) in [4.78, 5) is 30.9. The zero-order valence-electron chi connectivity index (χ0n) is 16.1. The lowest BCUT2D eigenvalue weighted by molar-refractivity contribution is -0.122. The van der Waals surface area contributed by atoms with E-state index >= 15 is 0 Å². The summed E-state index contributed by atoms with van der Waals surface area (Å²) in [5.74, 6) is 0.541. The van der Waals surface area contributed by atoms with E-state index in [9.17, 15) is 9.90 Å². The van der Waals surface area contributed by atoms with E-state index in [1.807, 2.05) is 13.0 Å². The molecule has 1 aromatic carbocycles. The molecule has 1 aliphatic heterocycles. The van der Waals surface area contributed by atoms with Gasteiger partial charge in [-0.05, 0) is 31.0 Å². The predicted molar refractivity (Wildman–Crippen MR) is 103 cm³/mol. The SMILES string of the molecule is CCc1noc(C)c1C(=O)N1Cc2[nH]cnc2C(c2cccc(O)c2)C1.O=CO. The van der Waals surface area contributed by atoms with Crippen LogP contribution in [0.1, 0.15) is 51.6 Å². The number of hydrogen-bond acceptors (Lipinski definition) is 6. The van der Waals surface area contributed by atoms with Gasteiger partial charge in [0, 0.05) is 12.5 Å². The van der Waals surface area contributed by atoms with Crippen LogP contribution in [0.4, 0.5) is 0 Å². The van der Waals surface area contributed by atoms with Crippen molar-refractivity contribution in [1.29, 1.82) is 0 Å². The maximum Gasteiger partial charge on any atom is 0.290 e. The van der Waals surface area contributed by atoms with Gasteiger partial charge in [-0.25, -0.2) is 4.98 Å². The molecule has 0 radical (unpaired) electrons. The number of aromatic nitrogens is 3. The third kappa shape index (κ3) is 3.98. The molecule has 0 spiro atoms. The number of aryl methyl sites for hydroxylation is 2. The summed E-state index contributed by atoms with van der Waals surface area (Å²) >= 11 is 0. The van der Waals surface area contributed by atoms with E-state index in [2.05, 4.69) is 15.1 Å². The fraction of sp³-hybridized carbons (Fsp3) is 0.300. The third-order valence-corrected chi connectivity index (χ3v) is 4.88. The molecule has 0 saturated heterocycles. The first kappa shape index (κ1) is 20.1. The Kier molecular flexibility index (Phi) is 5.96. The van der Waals surface area contributed by atoms with E-state index < -0.39 is 0 Å². The van der Waals surface area contributed by atoms with Gasteiger partial charge < -0.3 is 24.6 Å². The topological polar surface area (TPSA) is 133 Å². The van der Waals surface area contributed by atoms with E-state index in [1.54, 1.807) is 36.4 Å². The van der Waals surface area contributed by atoms with Crippen LogP contribution >= 0.6 is 0 Å². The Morgan fingerprint density at radius 3 is 2.90 bits per heavy atom. The molecule has 0 bridgehead atoms. The van der Waals surface area contributed by atoms with E-state index in [4.69, 9.17) is 14.4 Å². The monoisotopic (exact) mass is 398 g/mol. The Labute approximate surface area is 167 Å². The van der Waals surface area contributed by atoms with Gasteiger partial charge in [0.25, 0.3) is 12.4 Å². The lowest BCUT2D eigenvalue weighted by Crippen LogP contribution is -2.39. The summed E-state index contributed by atoms with van der Waals surface area (Å²) in [5.41, 5.74) is 3.97. The molecule has 0 saturated carbocycles. The minimum atomic E-state index is -0.250. The van der Waals surface area contributed by atoms with E-state index in [0.29, 0.717) is 36.5 Å². The highest BCUT2D eigenvalue weighted by molar-refractivity contribution is 5.96. The van der Waals surface area contributed by atoms with Crippen LogP contribution in [0.5, 0.6) is 5.75 Å². The van der Waals surface area contributed by atoms with Crippen molar-refractivity contribution in [3.63, 3.8) is 0 Å². The predicted octanol–water partition coefficient (Wildman–Crippen LogP) is 2.46. The number of hydrogen-bond donors (Lipinski definition) is 3. The van der Waals surface area contributed by atoms with Crippen LogP contribution in [-0.2, 0) is 17.8 Å². The number of nitrogens with one attached hydrogen (secondary N) is 1. The van der Waals surface area contributed by atoms with Crippen molar-refractivity contribution in [3.8, 4) is 5.75 Å². The van der Waals surface area contributed by atoms with Crippen molar-refractivity contribution in [2.75, 3.05) is 6.54 Å². The van der Waals surface area contributed by atoms with Gasteiger partial charge in [-0.3, -0.25) is 9.59 Å². The van der Waals surface area contributed by atoms with Crippen molar-refractivity contribution < 1.29 is 24.3 Å². The fourth-order valence-corrected chi connectivity index (χ4v) is 3.57. The molecular formula is C20H22N4O5. The molecular weight excluding hydrogens is 376 g/mol. The lowest BCUT2D eigenvalue weighted by Gasteiger charge is -2.32. The second-order valence-electron chi connectivity index (χ2n) is 6.62. The van der Waals surface area contributed by atoms with Crippen molar-refractivity contribution in [2.45, 2.75) is 32.7 Å². The van der Waals surface area contributed by atoms with Gasteiger partial charge in [-0.15, -0.1) is 0 Å². The van der Waals surface area contributed by atoms with Gasteiger partial charge in [0.2, 0.25) is 0 Å². The van der Waals surface area contributed by atoms with Crippen molar-refractivity contribution in [2.24, 2.45) is 0 Å². The zero-order valence-corrected chi connectivity index (χ0v) is 16.1. The number of nitrogens with zero attached hydrogens (tertiary/aromatic N) is 3. The smallest absolute Gasteiger partial charge is 0.290 e. The normalized spacial score (nSPS) is 15.2. The average Bonchev–Trinajstić information content (AvgIpc) is 3.33. The first-order valence-electron chi connectivity index (χ1n) is 9.13. The number of imidazole rings is 1. The van der Waals surface area contributed by atoms with E-state index in [0.717, 1.165) is 17.0 Å². The second kappa shape index (κ2) is 8.59. The van der Waals surface area contributed by atoms with Gasteiger partial charge in [0.15, 0.2) is 0 Å². The lowest BCUT2D eigenvalue weighted by atomic mass is 9.90. The summed E-state index contributed by atoms with van der Waals surface area (Å²) in [7, 11) is 0. The standard InChI is InChI=1S/C19H20N4O3.CH2O2/c1-3-15-17(11(2)26-22-15)19(25)23-8-14(12-5-4-6-13(24)7-12)18-16(9-23)20-10-21-18;2-1-3/h4-7,10,14,24H,3,8-9H2,1-2H3,(H,20,21);1H,(H,2,3). The number of aromatic amines is 1. The van der Waals surface area contributed by atoms with E-state index in [-0.39, 0.29) is 24.0 Å². The quantitative estimate of drug-likeness (QED) is 0.577. The van der Waals surface area contributed by atoms with Crippen LogP contribution in [0, 0.1) is 6.92 Å². The Hall–Kier alpha value is -3.62. The van der Waals surface area contributed by atoms with Crippen molar-refractivity contribution in [3.05, 3.63) is 64.6 Å². The second-order valence-corrected chi connectivity index (χ2v) is 6.62. The molecule has 1 amide bonds. The molecule has 1 aliphatic rings. The maximum atomic E-state index is 13.2. The highest BCUT2D eigenvalue weighted by Gasteiger charge is 2.34. The Morgan fingerprint density at radius 1 is 1.45 bits per heavy atom. The number of rotatable bonds is 3. The molecule has 4 rings (SSSR count). The molecule has 152 valence electrons. The first-order chi connectivity index (χ1) is 14.0. The molecule has 3 heterocycles. The minimum Gasteiger partial charge on any atom is -0.508 e. The number of carbonyl (C=O) groups is 2. The molecule has 3 aromatic rings. The molecule has 2 aromatic heterocycles. The van der Waals surface area contributed by atoms with Crippen LogP contribution in [0.2, 0.25) is 0 Å². The van der Waals surface area contributed by atoms with Crippen LogP contribution in [0.3, 0.4) is 0 Å². The first-order valence-corrected chi connectivity index (χ1v) is 9.13. The third-order valence-electron chi connectivity index (χ3n) is 4.88. The average molecular weight is 398 g/mol. The Morgan fingerprint density at radius 2 is 2.21 bits per heavy atom. The summed E-state index contributed by atoms with van der Waals surface area (Å²) in [6.45, 7) is 4.40. The number of benzene rings is 1. The number of aromatic hydroxyl groups is 1. The summed E-state index contributed by atoms with van der Waals surface area (Å²) in [5, 5.41) is 20.7.